The molecule has 0 atom stereocenters. The van der Waals surface area contributed by atoms with Crippen molar-refractivity contribution < 1.29 is 4.74 Å². The summed E-state index contributed by atoms with van der Waals surface area (Å²) in [5.41, 5.74) is 8.87. The van der Waals surface area contributed by atoms with Gasteiger partial charge in [0.25, 0.3) is 0 Å². The lowest BCUT2D eigenvalue weighted by Crippen LogP contribution is -2.17. The Hall–Kier alpha value is -1.46. The Morgan fingerprint density at radius 2 is 1.76 bits per heavy atom. The first kappa shape index (κ1) is 15.9. The van der Waals surface area contributed by atoms with Gasteiger partial charge < -0.3 is 10.5 Å². The highest BCUT2D eigenvalue weighted by Gasteiger charge is 2.22. The highest BCUT2D eigenvalue weighted by Crippen LogP contribution is 2.33. The molecule has 5 heteroatoms. The molecule has 2 aromatic rings. The van der Waals surface area contributed by atoms with Gasteiger partial charge in [-0.05, 0) is 21.5 Å². The van der Waals surface area contributed by atoms with Crippen molar-refractivity contribution in [3.8, 4) is 11.4 Å². The summed E-state index contributed by atoms with van der Waals surface area (Å²) in [6.45, 7) is 6.90. The van der Waals surface area contributed by atoms with Crippen molar-refractivity contribution >= 4 is 21.7 Å². The zero-order valence-electron chi connectivity index (χ0n) is 12.8. The fourth-order valence-electron chi connectivity index (χ4n) is 2.01. The second-order valence-electron chi connectivity index (χ2n) is 5.97. The van der Waals surface area contributed by atoms with Gasteiger partial charge in [0.2, 0.25) is 0 Å². The van der Waals surface area contributed by atoms with Crippen molar-refractivity contribution in [1.82, 2.24) is 9.97 Å². The normalized spacial score (nSPS) is 11.7. The van der Waals surface area contributed by atoms with E-state index in [2.05, 4.69) is 46.7 Å². The number of aromatic nitrogens is 2. The van der Waals surface area contributed by atoms with E-state index in [1.54, 1.807) is 7.11 Å². The average Bonchev–Trinajstić information content (AvgIpc) is 2.41. The topological polar surface area (TPSA) is 61.0 Å². The molecule has 0 bridgehead atoms. The van der Waals surface area contributed by atoms with Gasteiger partial charge in [-0.15, -0.1) is 0 Å². The molecule has 112 valence electrons. The lowest BCUT2D eigenvalue weighted by atomic mass is 9.91. The number of rotatable bonds is 3. The van der Waals surface area contributed by atoms with Gasteiger partial charge in [0.05, 0.1) is 16.8 Å². The third kappa shape index (κ3) is 3.60. The van der Waals surface area contributed by atoms with E-state index in [-0.39, 0.29) is 5.41 Å². The summed E-state index contributed by atoms with van der Waals surface area (Å²) < 4.78 is 5.89. The summed E-state index contributed by atoms with van der Waals surface area (Å²) >= 11 is 3.49. The molecule has 0 fully saturated rings. The number of nitrogen functional groups attached to an aromatic ring is 1. The van der Waals surface area contributed by atoms with E-state index < -0.39 is 0 Å². The standard InChI is InChI=1S/C16H20BrN3O/c1-16(2,3)13-12(17)14(18)20-15(19-13)11-7-5-10(6-8-11)9-21-4/h5-8H,9H2,1-4H3,(H2,18,19,20). The number of anilines is 1. The predicted octanol–water partition coefficient (Wildman–Crippen LogP) is 3.93. The van der Waals surface area contributed by atoms with Crippen molar-refractivity contribution in [2.24, 2.45) is 0 Å². The fraction of sp³-hybridized carbons (Fsp3) is 0.375. The SMILES string of the molecule is COCc1ccc(-c2nc(N)c(Br)c(C(C)(C)C)n2)cc1. The lowest BCUT2D eigenvalue weighted by molar-refractivity contribution is 0.185. The summed E-state index contributed by atoms with van der Waals surface area (Å²) in [5, 5.41) is 0. The summed E-state index contributed by atoms with van der Waals surface area (Å²) in [6, 6.07) is 8.00. The monoisotopic (exact) mass is 349 g/mol. The molecule has 0 spiro atoms. The minimum Gasteiger partial charge on any atom is -0.383 e. The highest BCUT2D eigenvalue weighted by atomic mass is 79.9. The molecular formula is C16H20BrN3O. The maximum absolute atomic E-state index is 6.02. The molecule has 1 heterocycles. The highest BCUT2D eigenvalue weighted by molar-refractivity contribution is 9.10. The fourth-order valence-corrected chi connectivity index (χ4v) is 2.78. The minimum absolute atomic E-state index is 0.110. The molecule has 1 aromatic heterocycles. The number of benzene rings is 1. The van der Waals surface area contributed by atoms with E-state index in [0.29, 0.717) is 18.2 Å². The van der Waals surface area contributed by atoms with Crippen LogP contribution in [-0.4, -0.2) is 17.1 Å². The molecule has 4 nitrogen and oxygen atoms in total. The van der Waals surface area contributed by atoms with Crippen LogP contribution >= 0.6 is 15.9 Å². The molecule has 0 aliphatic rings. The first-order chi connectivity index (χ1) is 9.82. The van der Waals surface area contributed by atoms with Crippen LogP contribution in [0, 0.1) is 0 Å². The Bertz CT molecular complexity index is 633. The predicted molar refractivity (Wildman–Crippen MR) is 89.0 cm³/mol. The van der Waals surface area contributed by atoms with Gasteiger partial charge in [-0.25, -0.2) is 9.97 Å². The largest absolute Gasteiger partial charge is 0.383 e. The van der Waals surface area contributed by atoms with E-state index in [4.69, 9.17) is 10.5 Å². The van der Waals surface area contributed by atoms with Crippen molar-refractivity contribution in [1.29, 1.82) is 0 Å². The molecule has 0 radical (unpaired) electrons. The van der Waals surface area contributed by atoms with Crippen LogP contribution in [0.4, 0.5) is 5.82 Å². The Balaban J connectivity index is 2.47. The Morgan fingerprint density at radius 1 is 1.14 bits per heavy atom. The maximum Gasteiger partial charge on any atom is 0.161 e. The van der Waals surface area contributed by atoms with Gasteiger partial charge in [-0.2, -0.15) is 0 Å². The van der Waals surface area contributed by atoms with E-state index in [0.717, 1.165) is 21.3 Å². The number of nitrogens with zero attached hydrogens (tertiary/aromatic N) is 2. The Morgan fingerprint density at radius 3 is 2.29 bits per heavy atom. The minimum atomic E-state index is -0.110. The molecular weight excluding hydrogens is 330 g/mol. The third-order valence-corrected chi connectivity index (χ3v) is 3.89. The van der Waals surface area contributed by atoms with Gasteiger partial charge in [0, 0.05) is 18.1 Å². The Kier molecular flexibility index (Phi) is 4.64. The van der Waals surface area contributed by atoms with Gasteiger partial charge in [0.15, 0.2) is 5.82 Å². The van der Waals surface area contributed by atoms with Crippen molar-refractivity contribution in [3.63, 3.8) is 0 Å². The number of ether oxygens (including phenoxy) is 1. The third-order valence-electron chi connectivity index (χ3n) is 3.11. The summed E-state index contributed by atoms with van der Waals surface area (Å²) in [7, 11) is 1.68. The van der Waals surface area contributed by atoms with Crippen LogP contribution < -0.4 is 5.73 Å². The van der Waals surface area contributed by atoms with Crippen molar-refractivity contribution in [2.75, 3.05) is 12.8 Å². The Labute approximate surface area is 133 Å². The van der Waals surface area contributed by atoms with Crippen LogP contribution in [-0.2, 0) is 16.8 Å². The van der Waals surface area contributed by atoms with Gasteiger partial charge in [-0.3, -0.25) is 0 Å². The summed E-state index contributed by atoms with van der Waals surface area (Å²) in [4.78, 5) is 9.06. The number of hydrogen-bond acceptors (Lipinski definition) is 4. The smallest absolute Gasteiger partial charge is 0.161 e. The molecule has 2 rings (SSSR count). The van der Waals surface area contributed by atoms with Gasteiger partial charge >= 0.3 is 0 Å². The molecule has 0 aliphatic heterocycles. The molecule has 0 saturated carbocycles. The van der Waals surface area contributed by atoms with E-state index >= 15 is 0 Å². The number of halogens is 1. The van der Waals surface area contributed by atoms with Crippen molar-refractivity contribution in [2.45, 2.75) is 32.8 Å². The van der Waals surface area contributed by atoms with Crippen LogP contribution in [0.5, 0.6) is 0 Å². The van der Waals surface area contributed by atoms with Crippen LogP contribution in [0.1, 0.15) is 32.0 Å². The number of nitrogens with two attached hydrogens (primary N) is 1. The second-order valence-corrected chi connectivity index (χ2v) is 6.77. The lowest BCUT2D eigenvalue weighted by Gasteiger charge is -2.21. The van der Waals surface area contributed by atoms with E-state index in [1.807, 2.05) is 24.3 Å². The van der Waals surface area contributed by atoms with Crippen molar-refractivity contribution in [3.05, 3.63) is 40.0 Å². The molecule has 0 aliphatic carbocycles. The molecule has 2 N–H and O–H groups in total. The van der Waals surface area contributed by atoms with Crippen LogP contribution in [0.25, 0.3) is 11.4 Å². The summed E-state index contributed by atoms with van der Waals surface area (Å²) in [5.74, 6) is 1.11. The molecule has 21 heavy (non-hydrogen) atoms. The first-order valence-corrected chi connectivity index (χ1v) is 7.54. The van der Waals surface area contributed by atoms with E-state index in [1.165, 1.54) is 0 Å². The zero-order chi connectivity index (χ0) is 15.6. The number of methoxy groups -OCH3 is 1. The second kappa shape index (κ2) is 6.12. The van der Waals surface area contributed by atoms with Crippen LogP contribution in [0.2, 0.25) is 0 Å². The quantitative estimate of drug-likeness (QED) is 0.911. The molecule has 0 saturated heterocycles. The first-order valence-electron chi connectivity index (χ1n) is 6.74. The maximum atomic E-state index is 6.02. The summed E-state index contributed by atoms with van der Waals surface area (Å²) in [6.07, 6.45) is 0. The van der Waals surface area contributed by atoms with Crippen LogP contribution in [0.3, 0.4) is 0 Å². The van der Waals surface area contributed by atoms with Crippen LogP contribution in [0.15, 0.2) is 28.7 Å². The average molecular weight is 350 g/mol. The molecule has 1 aromatic carbocycles. The number of hydrogen-bond donors (Lipinski definition) is 1. The van der Waals surface area contributed by atoms with Gasteiger partial charge in [-0.1, -0.05) is 45.0 Å². The zero-order valence-corrected chi connectivity index (χ0v) is 14.4. The van der Waals surface area contributed by atoms with Gasteiger partial charge in [0.1, 0.15) is 5.82 Å². The molecule has 0 unspecified atom stereocenters. The van der Waals surface area contributed by atoms with E-state index in [9.17, 15) is 0 Å². The molecule has 0 amide bonds.